The predicted octanol–water partition coefficient (Wildman–Crippen LogP) is 0.781. The summed E-state index contributed by atoms with van der Waals surface area (Å²) in [7, 11) is -3.16. The predicted molar refractivity (Wildman–Crippen MR) is 85.4 cm³/mol. The minimum atomic E-state index is -3.16. The normalized spacial score (nSPS) is 28.6. The topological polar surface area (TPSA) is 71.5 Å². The number of hydrogen-bond donors (Lipinski definition) is 1. The number of anilines is 1. The van der Waals surface area contributed by atoms with Crippen molar-refractivity contribution in [3.05, 3.63) is 23.9 Å². The Bertz CT molecular complexity index is 635. The monoisotopic (exact) mass is 325 g/mol. The molecular formula is C15H23N3O3S. The molecule has 3 heterocycles. The molecule has 2 aliphatic rings. The van der Waals surface area contributed by atoms with E-state index in [1.165, 1.54) is 6.26 Å². The average Bonchev–Trinajstić information content (AvgIpc) is 2.86. The van der Waals surface area contributed by atoms with E-state index in [0.717, 1.165) is 31.0 Å². The Morgan fingerprint density at radius 2 is 2.27 bits per heavy atom. The SMILES string of the molecule is Cc1cccc(N2CC[C@H]3[C@H](CO[C@H]3CNS(C)(=O)=O)C2)n1. The Morgan fingerprint density at radius 1 is 1.45 bits per heavy atom. The first-order valence-electron chi connectivity index (χ1n) is 7.67. The van der Waals surface area contributed by atoms with Crippen LogP contribution in [0.25, 0.3) is 0 Å². The van der Waals surface area contributed by atoms with Gasteiger partial charge in [0.2, 0.25) is 10.0 Å². The van der Waals surface area contributed by atoms with Crippen molar-refractivity contribution in [3.63, 3.8) is 0 Å². The van der Waals surface area contributed by atoms with Gasteiger partial charge >= 0.3 is 0 Å². The van der Waals surface area contributed by atoms with E-state index in [1.807, 2.05) is 25.1 Å². The second kappa shape index (κ2) is 6.14. The van der Waals surface area contributed by atoms with E-state index < -0.39 is 10.0 Å². The third kappa shape index (κ3) is 3.59. The molecule has 7 heteroatoms. The highest BCUT2D eigenvalue weighted by Gasteiger charge is 2.41. The molecule has 2 saturated heterocycles. The van der Waals surface area contributed by atoms with Crippen molar-refractivity contribution in [3.8, 4) is 0 Å². The Kier molecular flexibility index (Phi) is 4.38. The molecule has 2 aliphatic heterocycles. The minimum Gasteiger partial charge on any atom is -0.376 e. The molecule has 0 aromatic carbocycles. The summed E-state index contributed by atoms with van der Waals surface area (Å²) in [6, 6.07) is 6.08. The molecule has 22 heavy (non-hydrogen) atoms. The van der Waals surface area contributed by atoms with Gasteiger partial charge < -0.3 is 9.64 Å². The van der Waals surface area contributed by atoms with Crippen molar-refractivity contribution < 1.29 is 13.2 Å². The maximum atomic E-state index is 11.2. The molecule has 0 aliphatic carbocycles. The zero-order valence-corrected chi connectivity index (χ0v) is 13.8. The maximum Gasteiger partial charge on any atom is 0.208 e. The Hall–Kier alpha value is -1.18. The van der Waals surface area contributed by atoms with Crippen LogP contribution in [0.15, 0.2) is 18.2 Å². The number of pyridine rings is 1. The molecule has 0 spiro atoms. The summed E-state index contributed by atoms with van der Waals surface area (Å²) < 4.78 is 30.9. The lowest BCUT2D eigenvalue weighted by atomic mass is 9.84. The quantitative estimate of drug-likeness (QED) is 0.886. The lowest BCUT2D eigenvalue weighted by Crippen LogP contribution is -2.44. The van der Waals surface area contributed by atoms with Crippen LogP contribution in [-0.4, -0.2) is 52.0 Å². The van der Waals surface area contributed by atoms with E-state index in [2.05, 4.69) is 14.6 Å². The van der Waals surface area contributed by atoms with Crippen LogP contribution in [0.5, 0.6) is 0 Å². The lowest BCUT2D eigenvalue weighted by Gasteiger charge is -2.36. The number of nitrogens with one attached hydrogen (secondary N) is 1. The van der Waals surface area contributed by atoms with Crippen molar-refractivity contribution >= 4 is 15.8 Å². The molecule has 0 saturated carbocycles. The Labute approximate surface area is 131 Å². The molecular weight excluding hydrogens is 302 g/mol. The van der Waals surface area contributed by atoms with Crippen LogP contribution >= 0.6 is 0 Å². The smallest absolute Gasteiger partial charge is 0.208 e. The first-order chi connectivity index (χ1) is 10.4. The number of hydrogen-bond acceptors (Lipinski definition) is 5. The highest BCUT2D eigenvalue weighted by atomic mass is 32.2. The Balaban J connectivity index is 1.62. The first-order valence-corrected chi connectivity index (χ1v) is 9.56. The molecule has 1 N–H and O–H groups in total. The summed E-state index contributed by atoms with van der Waals surface area (Å²) in [6.07, 6.45) is 2.19. The zero-order chi connectivity index (χ0) is 15.7. The number of piperidine rings is 1. The maximum absolute atomic E-state index is 11.2. The van der Waals surface area contributed by atoms with Crippen LogP contribution in [0, 0.1) is 18.8 Å². The van der Waals surface area contributed by atoms with Gasteiger partial charge in [-0.05, 0) is 31.4 Å². The molecule has 1 aromatic rings. The molecule has 1 aromatic heterocycles. The third-order valence-corrected chi connectivity index (χ3v) is 5.23. The fraction of sp³-hybridized carbons (Fsp3) is 0.667. The van der Waals surface area contributed by atoms with Gasteiger partial charge in [0.05, 0.1) is 19.0 Å². The van der Waals surface area contributed by atoms with Gasteiger partial charge in [-0.15, -0.1) is 0 Å². The van der Waals surface area contributed by atoms with Gasteiger partial charge in [0, 0.05) is 31.2 Å². The number of rotatable bonds is 4. The van der Waals surface area contributed by atoms with Gasteiger partial charge in [-0.3, -0.25) is 0 Å². The van der Waals surface area contributed by atoms with Crippen molar-refractivity contribution in [2.45, 2.75) is 19.4 Å². The molecule has 3 rings (SSSR count). The van der Waals surface area contributed by atoms with E-state index in [9.17, 15) is 8.42 Å². The van der Waals surface area contributed by atoms with E-state index in [4.69, 9.17) is 4.74 Å². The van der Waals surface area contributed by atoms with Crippen molar-refractivity contribution in [1.29, 1.82) is 0 Å². The van der Waals surface area contributed by atoms with Crippen LogP contribution in [0.3, 0.4) is 0 Å². The van der Waals surface area contributed by atoms with E-state index in [-0.39, 0.29) is 6.10 Å². The molecule has 0 bridgehead atoms. The number of aromatic nitrogens is 1. The summed E-state index contributed by atoms with van der Waals surface area (Å²) in [4.78, 5) is 6.90. The number of ether oxygens (including phenoxy) is 1. The van der Waals surface area contributed by atoms with Crippen LogP contribution in [-0.2, 0) is 14.8 Å². The number of nitrogens with zero attached hydrogens (tertiary/aromatic N) is 2. The first kappa shape index (κ1) is 15.7. The number of sulfonamides is 1. The van der Waals surface area contributed by atoms with Crippen LogP contribution in [0.1, 0.15) is 12.1 Å². The van der Waals surface area contributed by atoms with Crippen LogP contribution < -0.4 is 9.62 Å². The number of aryl methyl sites for hydroxylation is 1. The second-order valence-electron chi connectivity index (χ2n) is 6.29. The average molecular weight is 325 g/mol. The van der Waals surface area contributed by atoms with E-state index in [0.29, 0.717) is 25.0 Å². The molecule has 0 radical (unpaired) electrons. The van der Waals surface area contributed by atoms with Gasteiger partial charge in [-0.25, -0.2) is 18.1 Å². The summed E-state index contributed by atoms with van der Waals surface area (Å²) in [6.45, 7) is 4.94. The van der Waals surface area contributed by atoms with Crippen LogP contribution in [0.2, 0.25) is 0 Å². The van der Waals surface area contributed by atoms with E-state index in [1.54, 1.807) is 0 Å². The second-order valence-corrected chi connectivity index (χ2v) is 8.12. The fourth-order valence-electron chi connectivity index (χ4n) is 3.44. The Morgan fingerprint density at radius 3 is 3.00 bits per heavy atom. The summed E-state index contributed by atoms with van der Waals surface area (Å²) in [5.74, 6) is 1.90. The summed E-state index contributed by atoms with van der Waals surface area (Å²) in [5.41, 5.74) is 1.03. The molecule has 6 nitrogen and oxygen atoms in total. The molecule has 0 unspecified atom stereocenters. The van der Waals surface area contributed by atoms with Crippen molar-refractivity contribution in [2.75, 3.05) is 37.4 Å². The van der Waals surface area contributed by atoms with Gasteiger partial charge in [-0.1, -0.05) is 6.07 Å². The van der Waals surface area contributed by atoms with Gasteiger partial charge in [0.1, 0.15) is 5.82 Å². The minimum absolute atomic E-state index is 0.00709. The van der Waals surface area contributed by atoms with Gasteiger partial charge in [-0.2, -0.15) is 0 Å². The summed E-state index contributed by atoms with van der Waals surface area (Å²) in [5, 5.41) is 0. The summed E-state index contributed by atoms with van der Waals surface area (Å²) >= 11 is 0. The number of fused-ring (bicyclic) bond motifs is 1. The van der Waals surface area contributed by atoms with Gasteiger partial charge in [0.25, 0.3) is 0 Å². The highest BCUT2D eigenvalue weighted by Crippen LogP contribution is 2.35. The zero-order valence-electron chi connectivity index (χ0n) is 13.0. The lowest BCUT2D eigenvalue weighted by molar-refractivity contribution is 0.0930. The van der Waals surface area contributed by atoms with Crippen molar-refractivity contribution in [2.24, 2.45) is 11.8 Å². The van der Waals surface area contributed by atoms with Gasteiger partial charge in [0.15, 0.2) is 0 Å². The van der Waals surface area contributed by atoms with E-state index >= 15 is 0 Å². The molecule has 0 amide bonds. The molecule has 3 atom stereocenters. The fourth-order valence-corrected chi connectivity index (χ4v) is 3.91. The highest BCUT2D eigenvalue weighted by molar-refractivity contribution is 7.88. The standard InChI is InChI=1S/C15H23N3O3S/c1-11-4-3-5-15(17-11)18-7-6-13-12(9-18)10-21-14(13)8-16-22(2,19)20/h3-5,12-14,16H,6-10H2,1-2H3/t12-,13-,14-/m0/s1. The molecule has 2 fully saturated rings. The third-order valence-electron chi connectivity index (χ3n) is 4.54. The molecule has 122 valence electrons. The van der Waals surface area contributed by atoms with Crippen LogP contribution in [0.4, 0.5) is 5.82 Å². The largest absolute Gasteiger partial charge is 0.376 e. The van der Waals surface area contributed by atoms with Crippen molar-refractivity contribution in [1.82, 2.24) is 9.71 Å².